The van der Waals surface area contributed by atoms with Crippen molar-refractivity contribution in [3.8, 4) is 11.1 Å². The van der Waals surface area contributed by atoms with Gasteiger partial charge in [0.1, 0.15) is 5.84 Å². The number of hydrogen-bond acceptors (Lipinski definition) is 3. The van der Waals surface area contributed by atoms with Gasteiger partial charge in [-0.15, -0.1) is 0 Å². The largest absolute Gasteiger partial charge is 0.373 e. The summed E-state index contributed by atoms with van der Waals surface area (Å²) < 4.78 is 14.1. The molecule has 0 radical (unpaired) electrons. The minimum Gasteiger partial charge on any atom is -0.373 e. The van der Waals surface area contributed by atoms with E-state index in [2.05, 4.69) is 15.3 Å². The molecule has 0 saturated carbocycles. The standard InChI is InChI=1S/C21H21ClFN3O/c1-5-14(21(24-3)25-4)10-16(12-27)17-9-7-15(11-19(17)22)18-8-6-13(2)26-20(18)23/h5-12H,1-4H3,(H,24,25)/b14-5-,16-10+. The highest BCUT2D eigenvalue weighted by Crippen LogP contribution is 2.30. The van der Waals surface area contributed by atoms with Crippen molar-refractivity contribution >= 4 is 29.3 Å². The molecule has 0 amide bonds. The molecule has 6 heteroatoms. The van der Waals surface area contributed by atoms with Gasteiger partial charge in [0.15, 0.2) is 6.29 Å². The van der Waals surface area contributed by atoms with Crippen molar-refractivity contribution in [1.82, 2.24) is 10.3 Å². The maximum Gasteiger partial charge on any atom is 0.220 e. The van der Waals surface area contributed by atoms with Crippen LogP contribution in [0.1, 0.15) is 18.2 Å². The van der Waals surface area contributed by atoms with Crippen LogP contribution < -0.4 is 5.32 Å². The Bertz CT molecular complexity index is 948. The van der Waals surface area contributed by atoms with Crippen LogP contribution in [0, 0.1) is 12.9 Å². The molecule has 0 bridgehead atoms. The van der Waals surface area contributed by atoms with Crippen LogP contribution in [0.5, 0.6) is 0 Å². The van der Waals surface area contributed by atoms with Crippen LogP contribution in [0.4, 0.5) is 4.39 Å². The first-order valence-corrected chi connectivity index (χ1v) is 8.74. The quantitative estimate of drug-likeness (QED) is 0.204. The lowest BCUT2D eigenvalue weighted by molar-refractivity contribution is -0.103. The van der Waals surface area contributed by atoms with E-state index in [0.717, 1.165) is 11.9 Å². The van der Waals surface area contributed by atoms with E-state index in [0.29, 0.717) is 38.8 Å². The first-order chi connectivity index (χ1) is 12.9. The zero-order valence-electron chi connectivity index (χ0n) is 15.7. The summed E-state index contributed by atoms with van der Waals surface area (Å²) in [7, 11) is 3.42. The van der Waals surface area contributed by atoms with Crippen LogP contribution in [0.3, 0.4) is 0 Å². The lowest BCUT2D eigenvalue weighted by atomic mass is 9.99. The molecule has 1 N–H and O–H groups in total. The first-order valence-electron chi connectivity index (χ1n) is 8.36. The number of allylic oxidation sites excluding steroid dienone is 2. The Labute approximate surface area is 163 Å². The molecule has 2 rings (SSSR count). The lowest BCUT2D eigenvalue weighted by Gasteiger charge is -2.10. The number of halogens is 2. The van der Waals surface area contributed by atoms with E-state index in [-0.39, 0.29) is 0 Å². The number of aryl methyl sites for hydroxylation is 1. The minimum absolute atomic E-state index is 0.348. The number of aliphatic imine (C=N–C) groups is 1. The third-order valence-corrected chi connectivity index (χ3v) is 4.37. The number of benzene rings is 1. The van der Waals surface area contributed by atoms with Crippen LogP contribution in [0.25, 0.3) is 16.7 Å². The van der Waals surface area contributed by atoms with Crippen LogP contribution >= 0.6 is 11.6 Å². The molecule has 0 spiro atoms. The van der Waals surface area contributed by atoms with Gasteiger partial charge in [0.05, 0.1) is 0 Å². The number of amidine groups is 1. The molecule has 0 fully saturated rings. The van der Waals surface area contributed by atoms with Gasteiger partial charge in [0.2, 0.25) is 5.95 Å². The van der Waals surface area contributed by atoms with E-state index in [9.17, 15) is 9.18 Å². The number of hydrogen-bond donors (Lipinski definition) is 1. The Morgan fingerprint density at radius 1 is 1.30 bits per heavy atom. The van der Waals surface area contributed by atoms with E-state index in [1.54, 1.807) is 57.4 Å². The van der Waals surface area contributed by atoms with Crippen LogP contribution in [0.2, 0.25) is 5.02 Å². The van der Waals surface area contributed by atoms with Gasteiger partial charge in [-0.2, -0.15) is 4.39 Å². The molecule has 0 aliphatic carbocycles. The maximum atomic E-state index is 14.1. The molecule has 1 heterocycles. The molecule has 2 aromatic rings. The van der Waals surface area contributed by atoms with Crippen LogP contribution in [0.15, 0.2) is 53.0 Å². The molecule has 1 aromatic heterocycles. The monoisotopic (exact) mass is 385 g/mol. The highest BCUT2D eigenvalue weighted by Gasteiger charge is 2.12. The average Bonchev–Trinajstić information content (AvgIpc) is 2.65. The Hall–Kier alpha value is -2.79. The summed E-state index contributed by atoms with van der Waals surface area (Å²) in [6.07, 6.45) is 4.29. The fourth-order valence-corrected chi connectivity index (χ4v) is 2.96. The first kappa shape index (κ1) is 20.5. The minimum atomic E-state index is -0.556. The zero-order chi connectivity index (χ0) is 20.0. The van der Waals surface area contributed by atoms with Crippen molar-refractivity contribution < 1.29 is 9.18 Å². The van der Waals surface area contributed by atoms with Gasteiger partial charge < -0.3 is 5.32 Å². The summed E-state index contributed by atoms with van der Waals surface area (Å²) >= 11 is 6.40. The fourth-order valence-electron chi connectivity index (χ4n) is 2.67. The summed E-state index contributed by atoms with van der Waals surface area (Å²) in [4.78, 5) is 19.7. The molecule has 0 unspecified atom stereocenters. The van der Waals surface area contributed by atoms with E-state index >= 15 is 0 Å². The number of rotatable bonds is 5. The van der Waals surface area contributed by atoms with Gasteiger partial charge in [0.25, 0.3) is 0 Å². The number of likely N-dealkylation sites (N-methyl/N-ethyl adjacent to an activating group) is 1. The van der Waals surface area contributed by atoms with Crippen molar-refractivity contribution in [2.75, 3.05) is 14.1 Å². The van der Waals surface area contributed by atoms with Gasteiger partial charge in [0, 0.05) is 47.1 Å². The smallest absolute Gasteiger partial charge is 0.220 e. The summed E-state index contributed by atoms with van der Waals surface area (Å²) in [5, 5.41) is 3.33. The summed E-state index contributed by atoms with van der Waals surface area (Å²) in [5.41, 5.74) is 3.27. The Kier molecular flexibility index (Phi) is 7.02. The van der Waals surface area contributed by atoms with E-state index in [1.165, 1.54) is 0 Å². The number of aldehydes is 1. The van der Waals surface area contributed by atoms with Crippen molar-refractivity contribution in [3.05, 3.63) is 70.3 Å². The summed E-state index contributed by atoms with van der Waals surface area (Å²) in [5.74, 6) is 0.0939. The highest BCUT2D eigenvalue weighted by atomic mass is 35.5. The maximum absolute atomic E-state index is 14.1. The zero-order valence-corrected chi connectivity index (χ0v) is 16.4. The molecular formula is C21H21ClFN3O. The van der Waals surface area contributed by atoms with Crippen molar-refractivity contribution in [2.24, 2.45) is 4.99 Å². The number of carbonyl (C=O) groups is 1. The highest BCUT2D eigenvalue weighted by molar-refractivity contribution is 6.34. The SMILES string of the molecule is C/C=C(/C=C(\C=O)c1ccc(-c2ccc(C)nc2F)cc1Cl)C(=NC)NC. The van der Waals surface area contributed by atoms with Gasteiger partial charge in [-0.05, 0) is 43.7 Å². The van der Waals surface area contributed by atoms with Gasteiger partial charge in [-0.1, -0.05) is 29.8 Å². The van der Waals surface area contributed by atoms with Crippen molar-refractivity contribution in [3.63, 3.8) is 0 Å². The summed E-state index contributed by atoms with van der Waals surface area (Å²) in [6, 6.07) is 8.45. The van der Waals surface area contributed by atoms with Crippen LogP contribution in [-0.2, 0) is 4.79 Å². The fraction of sp³-hybridized carbons (Fsp3) is 0.190. The molecule has 4 nitrogen and oxygen atoms in total. The molecule has 0 saturated heterocycles. The van der Waals surface area contributed by atoms with E-state index in [4.69, 9.17) is 11.6 Å². The Balaban J connectivity index is 2.49. The van der Waals surface area contributed by atoms with Gasteiger partial charge in [-0.25, -0.2) is 4.98 Å². The van der Waals surface area contributed by atoms with Gasteiger partial charge in [-0.3, -0.25) is 9.79 Å². The Morgan fingerprint density at radius 3 is 2.56 bits per heavy atom. The number of nitrogens with one attached hydrogen (secondary N) is 1. The molecule has 0 atom stereocenters. The third kappa shape index (κ3) is 4.68. The molecular weight excluding hydrogens is 365 g/mol. The molecule has 27 heavy (non-hydrogen) atoms. The topological polar surface area (TPSA) is 54.4 Å². The normalized spacial score (nSPS) is 12.9. The number of nitrogens with zero attached hydrogens (tertiary/aromatic N) is 2. The third-order valence-electron chi connectivity index (χ3n) is 4.06. The predicted octanol–water partition coefficient (Wildman–Crippen LogP) is 4.63. The predicted molar refractivity (Wildman–Crippen MR) is 110 cm³/mol. The van der Waals surface area contributed by atoms with E-state index in [1.807, 2.05) is 13.0 Å². The lowest BCUT2D eigenvalue weighted by Crippen LogP contribution is -2.19. The van der Waals surface area contributed by atoms with Crippen molar-refractivity contribution in [2.45, 2.75) is 13.8 Å². The van der Waals surface area contributed by atoms with Crippen molar-refractivity contribution in [1.29, 1.82) is 0 Å². The number of aromatic nitrogens is 1. The van der Waals surface area contributed by atoms with E-state index < -0.39 is 5.95 Å². The molecule has 0 aliphatic heterocycles. The second-order valence-corrected chi connectivity index (χ2v) is 6.18. The van der Waals surface area contributed by atoms with Crippen LogP contribution in [-0.4, -0.2) is 31.2 Å². The summed E-state index contributed by atoms with van der Waals surface area (Å²) in [6.45, 7) is 3.58. The Morgan fingerprint density at radius 2 is 2.04 bits per heavy atom. The second kappa shape index (κ2) is 9.24. The van der Waals surface area contributed by atoms with Gasteiger partial charge >= 0.3 is 0 Å². The second-order valence-electron chi connectivity index (χ2n) is 5.77. The molecule has 0 aliphatic rings. The molecule has 140 valence electrons. The molecule has 1 aromatic carbocycles. The number of pyridine rings is 1. The average molecular weight is 386 g/mol. The number of carbonyl (C=O) groups excluding carboxylic acids is 1.